The molecule has 0 saturated heterocycles. The van der Waals surface area contributed by atoms with Crippen LogP contribution >= 0.6 is 0 Å². The number of nitrogens with zero attached hydrogens (tertiary/aromatic N) is 3. The standard InChI is InChI=1S/C38H25N3O2S/c1-2-34-40-30-17-8-18-33-38(30)41(34)31-22-24(19-20-32(31)44(33,42)43)35-25-12-3-5-14-27(25)36(28-15-6-4-13-26(28)35)29-16-7-10-23-11-9-21-39-37(23)29/h3-22H,2H2,1H3. The van der Waals surface area contributed by atoms with Gasteiger partial charge < -0.3 is 0 Å². The largest absolute Gasteiger partial charge is 0.294 e. The van der Waals surface area contributed by atoms with Crippen molar-refractivity contribution >= 4 is 53.3 Å². The lowest BCUT2D eigenvalue weighted by atomic mass is 9.85. The number of aromatic nitrogens is 3. The summed E-state index contributed by atoms with van der Waals surface area (Å²) in [5, 5.41) is 5.53. The van der Waals surface area contributed by atoms with Crippen LogP contribution in [0.4, 0.5) is 0 Å². The minimum absolute atomic E-state index is 0.306. The molecule has 6 aromatic carbocycles. The van der Waals surface area contributed by atoms with Crippen LogP contribution in [0.2, 0.25) is 0 Å². The number of fused-ring (bicyclic) bond motifs is 5. The molecule has 0 spiro atoms. The summed E-state index contributed by atoms with van der Waals surface area (Å²) in [6.45, 7) is 2.05. The third-order valence-electron chi connectivity index (χ3n) is 8.93. The summed E-state index contributed by atoms with van der Waals surface area (Å²) >= 11 is 0. The van der Waals surface area contributed by atoms with Gasteiger partial charge in [-0.1, -0.05) is 91.9 Å². The molecule has 9 rings (SSSR count). The molecule has 0 saturated carbocycles. The fourth-order valence-corrected chi connectivity index (χ4v) is 8.70. The molecule has 0 radical (unpaired) electrons. The zero-order valence-corrected chi connectivity index (χ0v) is 24.6. The first kappa shape index (κ1) is 25.2. The van der Waals surface area contributed by atoms with Crippen molar-refractivity contribution < 1.29 is 8.42 Å². The normalized spacial score (nSPS) is 13.6. The van der Waals surface area contributed by atoms with Crippen LogP contribution in [0.25, 0.3) is 71.4 Å². The Balaban J connectivity index is 1.40. The first-order chi connectivity index (χ1) is 21.6. The quantitative estimate of drug-likeness (QED) is 0.194. The van der Waals surface area contributed by atoms with Gasteiger partial charge in [-0.15, -0.1) is 0 Å². The highest BCUT2D eigenvalue weighted by Gasteiger charge is 2.33. The van der Waals surface area contributed by atoms with Gasteiger partial charge in [0, 0.05) is 23.6 Å². The lowest BCUT2D eigenvalue weighted by molar-refractivity contribution is 0.594. The van der Waals surface area contributed by atoms with Crippen LogP contribution in [-0.4, -0.2) is 23.0 Å². The predicted molar refractivity (Wildman–Crippen MR) is 177 cm³/mol. The minimum Gasteiger partial charge on any atom is -0.294 e. The molecular formula is C38H25N3O2S. The second-order valence-corrected chi connectivity index (χ2v) is 13.1. The van der Waals surface area contributed by atoms with Crippen molar-refractivity contribution in [2.45, 2.75) is 23.1 Å². The summed E-state index contributed by atoms with van der Waals surface area (Å²) in [6, 6.07) is 38.5. The lowest BCUT2D eigenvalue weighted by Gasteiger charge is -2.23. The molecule has 210 valence electrons. The Morgan fingerprint density at radius 2 is 1.36 bits per heavy atom. The molecule has 6 heteroatoms. The van der Waals surface area contributed by atoms with Crippen molar-refractivity contribution in [3.8, 4) is 27.9 Å². The number of rotatable bonds is 3. The molecule has 0 amide bonds. The van der Waals surface area contributed by atoms with E-state index < -0.39 is 9.84 Å². The van der Waals surface area contributed by atoms with E-state index in [4.69, 9.17) is 9.97 Å². The molecule has 0 fully saturated rings. The van der Waals surface area contributed by atoms with E-state index in [0.29, 0.717) is 32.9 Å². The van der Waals surface area contributed by atoms with Crippen molar-refractivity contribution in [1.29, 1.82) is 0 Å². The maximum absolute atomic E-state index is 13.9. The number of pyridine rings is 1. The molecule has 8 aromatic rings. The number of sulfone groups is 1. The zero-order valence-electron chi connectivity index (χ0n) is 23.8. The summed E-state index contributed by atoms with van der Waals surface area (Å²) in [5.74, 6) is 0.842. The van der Waals surface area contributed by atoms with Gasteiger partial charge in [-0.3, -0.25) is 9.55 Å². The summed E-state index contributed by atoms with van der Waals surface area (Å²) in [4.78, 5) is 10.2. The highest BCUT2D eigenvalue weighted by atomic mass is 32.2. The van der Waals surface area contributed by atoms with Crippen LogP contribution in [0.3, 0.4) is 0 Å². The number of para-hydroxylation sites is 2. The molecule has 0 N–H and O–H groups in total. The van der Waals surface area contributed by atoms with Crippen molar-refractivity contribution in [1.82, 2.24) is 14.5 Å². The SMILES string of the molecule is CCc1nc2cccc3c2n1-c1cc(-c2c4ccccc4c(-c4cccc5cccnc45)c4ccccc24)ccc1S3(=O)=O. The van der Waals surface area contributed by atoms with E-state index in [1.165, 1.54) is 0 Å². The number of benzene rings is 6. The number of hydrogen-bond donors (Lipinski definition) is 0. The van der Waals surface area contributed by atoms with Crippen molar-refractivity contribution in [2.75, 3.05) is 0 Å². The van der Waals surface area contributed by atoms with Crippen LogP contribution in [0.5, 0.6) is 0 Å². The molecule has 5 nitrogen and oxygen atoms in total. The Morgan fingerprint density at radius 1 is 0.682 bits per heavy atom. The molecule has 0 atom stereocenters. The third kappa shape index (κ3) is 3.31. The molecule has 1 aliphatic rings. The Labute approximate surface area is 254 Å². The monoisotopic (exact) mass is 587 g/mol. The molecule has 3 heterocycles. The number of hydrogen-bond acceptors (Lipinski definition) is 4. The number of imidazole rings is 1. The van der Waals surface area contributed by atoms with Crippen LogP contribution in [-0.2, 0) is 16.3 Å². The van der Waals surface area contributed by atoms with Crippen molar-refractivity contribution in [3.63, 3.8) is 0 Å². The lowest BCUT2D eigenvalue weighted by Crippen LogP contribution is -2.16. The van der Waals surface area contributed by atoms with Crippen LogP contribution in [0.1, 0.15) is 12.7 Å². The van der Waals surface area contributed by atoms with Crippen LogP contribution in [0.15, 0.2) is 131 Å². The van der Waals surface area contributed by atoms with E-state index in [1.807, 2.05) is 35.0 Å². The second kappa shape index (κ2) is 9.09. The smallest absolute Gasteiger partial charge is 0.210 e. The van der Waals surface area contributed by atoms with E-state index in [1.54, 1.807) is 18.2 Å². The fourth-order valence-electron chi connectivity index (χ4n) is 7.09. The number of aryl methyl sites for hydroxylation is 1. The summed E-state index contributed by atoms with van der Waals surface area (Å²) in [6.07, 6.45) is 2.53. The van der Waals surface area contributed by atoms with Gasteiger partial charge in [-0.05, 0) is 68.6 Å². The van der Waals surface area contributed by atoms with Gasteiger partial charge >= 0.3 is 0 Å². The van der Waals surface area contributed by atoms with E-state index >= 15 is 0 Å². The van der Waals surface area contributed by atoms with E-state index in [2.05, 4.69) is 79.7 Å². The van der Waals surface area contributed by atoms with Gasteiger partial charge in [0.2, 0.25) is 9.84 Å². The van der Waals surface area contributed by atoms with Crippen LogP contribution < -0.4 is 0 Å². The molecular weight excluding hydrogens is 563 g/mol. The summed E-state index contributed by atoms with van der Waals surface area (Å²) in [7, 11) is -3.72. The second-order valence-electron chi connectivity index (χ2n) is 11.2. The van der Waals surface area contributed by atoms with Crippen molar-refractivity contribution in [3.05, 3.63) is 127 Å². The first-order valence-corrected chi connectivity index (χ1v) is 16.2. The average Bonchev–Trinajstić information content (AvgIpc) is 3.45. The van der Waals surface area contributed by atoms with Crippen molar-refractivity contribution in [2.24, 2.45) is 0 Å². The molecule has 1 aliphatic heterocycles. The van der Waals surface area contributed by atoms with Gasteiger partial charge in [0.15, 0.2) is 0 Å². The molecule has 0 bridgehead atoms. The van der Waals surface area contributed by atoms with E-state index in [0.717, 1.165) is 60.5 Å². The van der Waals surface area contributed by atoms with E-state index in [9.17, 15) is 8.42 Å². The highest BCUT2D eigenvalue weighted by Crippen LogP contribution is 2.47. The van der Waals surface area contributed by atoms with Gasteiger partial charge in [0.25, 0.3) is 0 Å². The Kier molecular flexibility index (Phi) is 5.20. The van der Waals surface area contributed by atoms with Gasteiger partial charge in [0.05, 0.1) is 32.0 Å². The minimum atomic E-state index is -3.72. The zero-order chi connectivity index (χ0) is 29.6. The summed E-state index contributed by atoms with van der Waals surface area (Å²) < 4.78 is 29.9. The first-order valence-electron chi connectivity index (χ1n) is 14.7. The maximum Gasteiger partial charge on any atom is 0.210 e. The molecule has 0 aliphatic carbocycles. The Morgan fingerprint density at radius 3 is 2.09 bits per heavy atom. The molecule has 2 aromatic heterocycles. The molecule has 44 heavy (non-hydrogen) atoms. The maximum atomic E-state index is 13.9. The average molecular weight is 588 g/mol. The van der Waals surface area contributed by atoms with Gasteiger partial charge in [-0.2, -0.15) is 0 Å². The highest BCUT2D eigenvalue weighted by molar-refractivity contribution is 7.92. The fraction of sp³-hybridized carbons (Fsp3) is 0.0526. The van der Waals surface area contributed by atoms with E-state index in [-0.39, 0.29) is 0 Å². The Hall–Kier alpha value is -5.33. The third-order valence-corrected chi connectivity index (χ3v) is 10.8. The summed E-state index contributed by atoms with van der Waals surface area (Å²) in [5.41, 5.74) is 7.22. The molecule has 0 unspecified atom stereocenters. The Bertz CT molecular complexity index is 2560. The van der Waals surface area contributed by atoms with Crippen LogP contribution in [0, 0.1) is 0 Å². The topological polar surface area (TPSA) is 64.8 Å². The van der Waals surface area contributed by atoms with Gasteiger partial charge in [-0.25, -0.2) is 13.4 Å². The predicted octanol–water partition coefficient (Wildman–Crippen LogP) is 8.92. The van der Waals surface area contributed by atoms with Gasteiger partial charge in [0.1, 0.15) is 5.82 Å².